The fraction of sp³-hybridized carbons (Fsp3) is 0.438. The molecule has 1 aliphatic heterocycles. The fourth-order valence-electron chi connectivity index (χ4n) is 3.45. The predicted octanol–water partition coefficient (Wildman–Crippen LogP) is 3.83. The maximum atomic E-state index is 13.5. The minimum absolute atomic E-state index is 0.179. The summed E-state index contributed by atoms with van der Waals surface area (Å²) in [6.45, 7) is 1.69. The van der Waals surface area contributed by atoms with E-state index in [-0.39, 0.29) is 29.5 Å². The Morgan fingerprint density at radius 3 is 2.16 bits per heavy atom. The molecule has 0 aliphatic carbocycles. The number of rotatable bonds is 2. The SMILES string of the molecule is COC(c1cc2c3c(c1)c(C)cc(=O)n3CC2)(C(F)(F)F)C(F)(F)F. The van der Waals surface area contributed by atoms with Crippen molar-refractivity contribution in [2.45, 2.75) is 37.8 Å². The van der Waals surface area contributed by atoms with E-state index in [9.17, 15) is 31.1 Å². The van der Waals surface area contributed by atoms with Gasteiger partial charge in [0.05, 0.1) is 5.52 Å². The number of benzene rings is 1. The summed E-state index contributed by atoms with van der Waals surface area (Å²) < 4.78 is 86.2. The molecule has 0 unspecified atom stereocenters. The van der Waals surface area contributed by atoms with Crippen LogP contribution < -0.4 is 5.56 Å². The molecule has 3 nitrogen and oxygen atoms in total. The fourth-order valence-corrected chi connectivity index (χ4v) is 3.45. The van der Waals surface area contributed by atoms with E-state index in [1.54, 1.807) is 0 Å². The first-order chi connectivity index (χ1) is 11.4. The van der Waals surface area contributed by atoms with Crippen molar-refractivity contribution in [3.05, 3.63) is 45.2 Å². The highest BCUT2D eigenvalue weighted by Crippen LogP contribution is 2.53. The van der Waals surface area contributed by atoms with Crippen molar-refractivity contribution in [3.8, 4) is 0 Å². The van der Waals surface area contributed by atoms with Crippen LogP contribution in [0.25, 0.3) is 10.9 Å². The van der Waals surface area contributed by atoms with Crippen molar-refractivity contribution in [2.24, 2.45) is 0 Å². The second-order valence-corrected chi connectivity index (χ2v) is 5.98. The third-order valence-corrected chi connectivity index (χ3v) is 4.61. The van der Waals surface area contributed by atoms with Gasteiger partial charge in [-0.15, -0.1) is 0 Å². The minimum atomic E-state index is -5.71. The lowest BCUT2D eigenvalue weighted by Gasteiger charge is -2.36. The summed E-state index contributed by atoms with van der Waals surface area (Å²) in [7, 11) is 0.387. The standard InChI is InChI=1S/C16H13F6NO2/c1-8-5-12(24)23-4-3-9-6-10(7-11(8)13(9)23)14(25-2,15(17,18)19)16(20,21)22/h5-7H,3-4H2,1-2H3. The number of aryl methyl sites for hydroxylation is 3. The zero-order valence-electron chi connectivity index (χ0n) is 13.2. The van der Waals surface area contributed by atoms with Crippen molar-refractivity contribution in [3.63, 3.8) is 0 Å². The zero-order valence-corrected chi connectivity index (χ0v) is 13.2. The van der Waals surface area contributed by atoms with E-state index in [0.29, 0.717) is 18.2 Å². The quantitative estimate of drug-likeness (QED) is 0.758. The first-order valence-electron chi connectivity index (χ1n) is 7.30. The smallest absolute Gasteiger partial charge is 0.357 e. The average molecular weight is 365 g/mol. The second kappa shape index (κ2) is 5.23. The summed E-state index contributed by atoms with van der Waals surface area (Å²) in [4.78, 5) is 12.0. The number of halogens is 6. The number of methoxy groups -OCH3 is 1. The molecule has 0 amide bonds. The Morgan fingerprint density at radius 2 is 1.64 bits per heavy atom. The number of aromatic nitrogens is 1. The van der Waals surface area contributed by atoms with Gasteiger partial charge in [-0.3, -0.25) is 4.79 Å². The molecule has 0 saturated heterocycles. The van der Waals surface area contributed by atoms with Crippen molar-refractivity contribution in [1.82, 2.24) is 4.57 Å². The van der Waals surface area contributed by atoms with Crippen LogP contribution in [0.2, 0.25) is 0 Å². The van der Waals surface area contributed by atoms with Gasteiger partial charge in [-0.05, 0) is 30.5 Å². The van der Waals surface area contributed by atoms with E-state index >= 15 is 0 Å². The first-order valence-corrected chi connectivity index (χ1v) is 7.30. The Kier molecular flexibility index (Phi) is 3.72. The number of hydrogen-bond acceptors (Lipinski definition) is 2. The number of hydrogen-bond donors (Lipinski definition) is 0. The molecule has 1 aromatic carbocycles. The topological polar surface area (TPSA) is 31.2 Å². The summed E-state index contributed by atoms with van der Waals surface area (Å²) >= 11 is 0. The maximum absolute atomic E-state index is 13.5. The van der Waals surface area contributed by atoms with Gasteiger partial charge in [0.15, 0.2) is 0 Å². The second-order valence-electron chi connectivity index (χ2n) is 5.98. The van der Waals surface area contributed by atoms with Gasteiger partial charge >= 0.3 is 12.4 Å². The van der Waals surface area contributed by atoms with Crippen molar-refractivity contribution >= 4 is 10.9 Å². The van der Waals surface area contributed by atoms with Gasteiger partial charge in [0.2, 0.25) is 0 Å². The summed E-state index contributed by atoms with van der Waals surface area (Å²) in [6.07, 6.45) is -11.2. The van der Waals surface area contributed by atoms with Crippen LogP contribution in [0.5, 0.6) is 0 Å². The lowest BCUT2D eigenvalue weighted by molar-refractivity contribution is -0.383. The Bertz CT molecular complexity index is 896. The van der Waals surface area contributed by atoms with Gasteiger partial charge < -0.3 is 9.30 Å². The third-order valence-electron chi connectivity index (χ3n) is 4.61. The van der Waals surface area contributed by atoms with Crippen LogP contribution in [-0.4, -0.2) is 24.0 Å². The Labute approximate surface area is 137 Å². The molecule has 0 spiro atoms. The number of nitrogens with zero attached hydrogens (tertiary/aromatic N) is 1. The van der Waals surface area contributed by atoms with Gasteiger partial charge in [-0.1, -0.05) is 6.07 Å². The van der Waals surface area contributed by atoms with Crippen LogP contribution in [0.1, 0.15) is 16.7 Å². The van der Waals surface area contributed by atoms with E-state index < -0.39 is 23.5 Å². The zero-order chi connectivity index (χ0) is 18.8. The molecule has 3 rings (SSSR count). The van der Waals surface area contributed by atoms with Gasteiger partial charge in [0, 0.05) is 30.7 Å². The van der Waals surface area contributed by atoms with E-state index in [2.05, 4.69) is 4.74 Å². The maximum Gasteiger partial charge on any atom is 0.430 e. The van der Waals surface area contributed by atoms with Crippen molar-refractivity contribution in [2.75, 3.05) is 7.11 Å². The lowest BCUT2D eigenvalue weighted by atomic mass is 9.88. The number of pyridine rings is 1. The molecule has 0 bridgehead atoms. The minimum Gasteiger partial charge on any atom is -0.357 e. The summed E-state index contributed by atoms with van der Waals surface area (Å²) in [5.41, 5.74) is -4.84. The molecule has 9 heteroatoms. The third kappa shape index (κ3) is 2.28. The van der Waals surface area contributed by atoms with E-state index in [1.807, 2.05) is 0 Å². The molecule has 136 valence electrons. The van der Waals surface area contributed by atoms with Crippen LogP contribution in [0.4, 0.5) is 26.3 Å². The first kappa shape index (κ1) is 17.8. The largest absolute Gasteiger partial charge is 0.430 e. The van der Waals surface area contributed by atoms with Crippen molar-refractivity contribution < 1.29 is 31.1 Å². The molecule has 1 aliphatic rings. The molecule has 0 atom stereocenters. The van der Waals surface area contributed by atoms with Gasteiger partial charge in [-0.25, -0.2) is 0 Å². The summed E-state index contributed by atoms with van der Waals surface area (Å²) in [5, 5.41) is 0.180. The molecule has 2 aromatic rings. The van der Waals surface area contributed by atoms with Crippen LogP contribution >= 0.6 is 0 Å². The van der Waals surface area contributed by atoms with Crippen LogP contribution in [0.3, 0.4) is 0 Å². The normalized spacial score (nSPS) is 15.2. The molecule has 0 N–H and O–H groups in total. The van der Waals surface area contributed by atoms with Gasteiger partial charge in [-0.2, -0.15) is 26.3 Å². The van der Waals surface area contributed by atoms with E-state index in [4.69, 9.17) is 0 Å². The molecule has 25 heavy (non-hydrogen) atoms. The van der Waals surface area contributed by atoms with Gasteiger partial charge in [0.25, 0.3) is 11.2 Å². The molecular formula is C16H13F6NO2. The Hall–Kier alpha value is -2.03. The van der Waals surface area contributed by atoms with Crippen LogP contribution in [0.15, 0.2) is 23.0 Å². The Morgan fingerprint density at radius 1 is 1.04 bits per heavy atom. The molecule has 0 saturated carbocycles. The number of alkyl halides is 6. The predicted molar refractivity (Wildman–Crippen MR) is 77.4 cm³/mol. The lowest BCUT2D eigenvalue weighted by Crippen LogP contribution is -2.55. The van der Waals surface area contributed by atoms with Gasteiger partial charge in [0.1, 0.15) is 0 Å². The van der Waals surface area contributed by atoms with E-state index in [1.165, 1.54) is 17.6 Å². The van der Waals surface area contributed by atoms with Crippen LogP contribution in [0, 0.1) is 6.92 Å². The molecule has 1 aromatic heterocycles. The van der Waals surface area contributed by atoms with Crippen molar-refractivity contribution in [1.29, 1.82) is 0 Å². The molecule has 0 radical (unpaired) electrons. The average Bonchev–Trinajstić information content (AvgIpc) is 2.87. The number of ether oxygens (including phenoxy) is 1. The highest BCUT2D eigenvalue weighted by atomic mass is 19.4. The highest BCUT2D eigenvalue weighted by molar-refractivity contribution is 5.87. The summed E-state index contributed by atoms with van der Waals surface area (Å²) in [5.74, 6) is 0. The Balaban J connectivity index is 2.42. The molecular weight excluding hydrogens is 352 g/mol. The highest BCUT2D eigenvalue weighted by Gasteiger charge is 2.73. The monoisotopic (exact) mass is 365 g/mol. The summed E-state index contributed by atoms with van der Waals surface area (Å²) in [6, 6.07) is 2.87. The molecule has 2 heterocycles. The van der Waals surface area contributed by atoms with E-state index in [0.717, 1.165) is 12.1 Å². The van der Waals surface area contributed by atoms with Crippen LogP contribution in [-0.2, 0) is 23.3 Å². The molecule has 0 fully saturated rings.